The molecule has 2 heterocycles. The maximum absolute atomic E-state index is 12.5. The molecule has 0 aliphatic carbocycles. The highest BCUT2D eigenvalue weighted by molar-refractivity contribution is 8.18. The molecule has 0 bridgehead atoms. The summed E-state index contributed by atoms with van der Waals surface area (Å²) in [6.45, 7) is -0.105. The highest BCUT2D eigenvalue weighted by atomic mass is 32.2. The maximum Gasteiger partial charge on any atom is 0.326 e. The van der Waals surface area contributed by atoms with Gasteiger partial charge in [-0.2, -0.15) is 0 Å². The number of imide groups is 1. The first-order valence-corrected chi connectivity index (χ1v) is 9.11. The molecule has 0 unspecified atom stereocenters. The molecule has 8 heteroatoms. The number of carbonyl (C=O) groups excluding carboxylic acids is 3. The van der Waals surface area contributed by atoms with Crippen molar-refractivity contribution in [2.24, 2.45) is 0 Å². The zero-order valence-electron chi connectivity index (χ0n) is 14.0. The van der Waals surface area contributed by atoms with Gasteiger partial charge in [0.2, 0.25) is 5.91 Å². The molecule has 2 aliphatic heterocycles. The number of hydrogen-bond acceptors (Lipinski definition) is 5. The van der Waals surface area contributed by atoms with E-state index in [-0.39, 0.29) is 4.91 Å². The number of nitrogens with zero attached hydrogens (tertiary/aromatic N) is 2. The lowest BCUT2D eigenvalue weighted by atomic mass is 10.0. The molecule has 2 saturated heterocycles. The second-order valence-corrected chi connectivity index (χ2v) is 7.11. The van der Waals surface area contributed by atoms with Crippen LogP contribution in [0.3, 0.4) is 0 Å². The minimum absolute atomic E-state index is 0.252. The van der Waals surface area contributed by atoms with Crippen LogP contribution < -0.4 is 0 Å². The van der Waals surface area contributed by atoms with E-state index >= 15 is 0 Å². The van der Waals surface area contributed by atoms with Crippen molar-refractivity contribution in [3.63, 3.8) is 0 Å². The average molecular weight is 374 g/mol. The predicted octanol–water partition coefficient (Wildman–Crippen LogP) is 2.19. The Morgan fingerprint density at radius 3 is 2.62 bits per heavy atom. The second kappa shape index (κ2) is 7.74. The van der Waals surface area contributed by atoms with Gasteiger partial charge >= 0.3 is 5.97 Å². The van der Waals surface area contributed by atoms with Gasteiger partial charge in [-0.3, -0.25) is 19.3 Å². The van der Waals surface area contributed by atoms with Crippen molar-refractivity contribution in [3.8, 4) is 0 Å². The van der Waals surface area contributed by atoms with Crippen LogP contribution in [0.2, 0.25) is 0 Å². The molecule has 2 aliphatic rings. The molecule has 1 N–H and O–H groups in total. The number of thioether (sulfide) groups is 1. The predicted molar refractivity (Wildman–Crippen MR) is 96.1 cm³/mol. The second-order valence-electron chi connectivity index (χ2n) is 6.12. The summed E-state index contributed by atoms with van der Waals surface area (Å²) >= 11 is 0.784. The highest BCUT2D eigenvalue weighted by Gasteiger charge is 2.39. The zero-order chi connectivity index (χ0) is 18.7. The van der Waals surface area contributed by atoms with Crippen LogP contribution in [0.1, 0.15) is 24.8 Å². The number of aliphatic carboxylic acids is 1. The minimum atomic E-state index is -1.06. The van der Waals surface area contributed by atoms with Gasteiger partial charge in [0, 0.05) is 6.54 Å². The number of piperidine rings is 1. The van der Waals surface area contributed by atoms with Crippen molar-refractivity contribution in [1.29, 1.82) is 0 Å². The number of carboxylic acids is 1. The number of benzene rings is 1. The molecule has 0 saturated carbocycles. The van der Waals surface area contributed by atoms with Crippen LogP contribution in [0.5, 0.6) is 0 Å². The van der Waals surface area contributed by atoms with Gasteiger partial charge in [0.15, 0.2) is 0 Å². The molecule has 1 aromatic rings. The lowest BCUT2D eigenvalue weighted by Crippen LogP contribution is -2.51. The lowest BCUT2D eigenvalue weighted by molar-refractivity contribution is -0.152. The first kappa shape index (κ1) is 18.2. The Morgan fingerprint density at radius 1 is 1.19 bits per heavy atom. The summed E-state index contributed by atoms with van der Waals surface area (Å²) in [6.07, 6.45) is 3.45. The molecule has 2 fully saturated rings. The van der Waals surface area contributed by atoms with Crippen molar-refractivity contribution < 1.29 is 24.3 Å². The number of likely N-dealkylation sites (tertiary alicyclic amines) is 1. The Bertz CT molecular complexity index is 777. The summed E-state index contributed by atoms with van der Waals surface area (Å²) in [5.41, 5.74) is 0.784. The third-order valence-corrected chi connectivity index (χ3v) is 5.28. The Kier molecular flexibility index (Phi) is 5.41. The van der Waals surface area contributed by atoms with Crippen LogP contribution in [-0.2, 0) is 14.4 Å². The van der Waals surface area contributed by atoms with E-state index in [2.05, 4.69) is 0 Å². The van der Waals surface area contributed by atoms with E-state index in [0.29, 0.717) is 19.4 Å². The summed E-state index contributed by atoms with van der Waals surface area (Å²) in [6, 6.07) is 8.22. The average Bonchev–Trinajstić information content (AvgIpc) is 2.90. The first-order chi connectivity index (χ1) is 12.5. The number of carbonyl (C=O) groups is 4. The minimum Gasteiger partial charge on any atom is -0.480 e. The Labute approximate surface area is 154 Å². The Hall–Kier alpha value is -2.61. The normalized spacial score (nSPS) is 22.2. The molecule has 3 rings (SSSR count). The van der Waals surface area contributed by atoms with E-state index in [1.54, 1.807) is 6.08 Å². The molecule has 1 atom stereocenters. The zero-order valence-corrected chi connectivity index (χ0v) is 14.8. The molecule has 0 spiro atoms. The van der Waals surface area contributed by atoms with Gasteiger partial charge in [-0.15, -0.1) is 0 Å². The van der Waals surface area contributed by atoms with E-state index in [0.717, 1.165) is 28.6 Å². The van der Waals surface area contributed by atoms with Gasteiger partial charge in [0.1, 0.15) is 12.6 Å². The van der Waals surface area contributed by atoms with Gasteiger partial charge in [-0.25, -0.2) is 4.79 Å². The van der Waals surface area contributed by atoms with Crippen molar-refractivity contribution >= 4 is 40.9 Å². The Morgan fingerprint density at radius 2 is 1.92 bits per heavy atom. The van der Waals surface area contributed by atoms with E-state index in [9.17, 15) is 24.3 Å². The van der Waals surface area contributed by atoms with E-state index < -0.39 is 35.6 Å². The molecule has 0 aromatic heterocycles. The SMILES string of the molecule is O=C(O)[C@H]1CCCCN1C(=O)CN1C(=O)S/C(=C/c2ccccc2)C1=O. The highest BCUT2D eigenvalue weighted by Crippen LogP contribution is 2.32. The van der Waals surface area contributed by atoms with Crippen LogP contribution in [-0.4, -0.2) is 57.1 Å². The summed E-state index contributed by atoms with van der Waals surface area (Å²) in [7, 11) is 0. The van der Waals surface area contributed by atoms with Crippen molar-refractivity contribution in [3.05, 3.63) is 40.8 Å². The van der Waals surface area contributed by atoms with Gasteiger partial charge in [-0.05, 0) is 42.7 Å². The molecule has 136 valence electrons. The van der Waals surface area contributed by atoms with Crippen LogP contribution in [0.25, 0.3) is 6.08 Å². The lowest BCUT2D eigenvalue weighted by Gasteiger charge is -2.33. The van der Waals surface area contributed by atoms with Crippen molar-refractivity contribution in [2.45, 2.75) is 25.3 Å². The van der Waals surface area contributed by atoms with Crippen LogP contribution in [0.15, 0.2) is 35.2 Å². The van der Waals surface area contributed by atoms with Gasteiger partial charge in [0.05, 0.1) is 4.91 Å². The fraction of sp³-hybridized carbons (Fsp3) is 0.333. The summed E-state index contributed by atoms with van der Waals surface area (Å²) in [5.74, 6) is -2.10. The first-order valence-electron chi connectivity index (χ1n) is 8.30. The standard InChI is InChI=1S/C18H18N2O5S/c21-15(19-9-5-4-8-13(19)17(23)24)11-20-16(22)14(26-18(20)25)10-12-6-2-1-3-7-12/h1-3,6-7,10,13H,4-5,8-9,11H2,(H,23,24)/b14-10+/t13-/m1/s1. The quantitative estimate of drug-likeness (QED) is 0.812. The number of amides is 3. The molecule has 0 radical (unpaired) electrons. The number of rotatable bonds is 4. The fourth-order valence-corrected chi connectivity index (χ4v) is 3.89. The summed E-state index contributed by atoms with van der Waals surface area (Å²) in [5, 5.41) is 8.75. The maximum atomic E-state index is 12.5. The molecule has 1 aromatic carbocycles. The molecular weight excluding hydrogens is 356 g/mol. The van der Waals surface area contributed by atoms with Gasteiger partial charge < -0.3 is 10.0 Å². The van der Waals surface area contributed by atoms with Gasteiger partial charge in [-0.1, -0.05) is 30.3 Å². The van der Waals surface area contributed by atoms with Crippen LogP contribution in [0, 0.1) is 0 Å². The van der Waals surface area contributed by atoms with Crippen molar-refractivity contribution in [2.75, 3.05) is 13.1 Å². The van der Waals surface area contributed by atoms with E-state index in [4.69, 9.17) is 0 Å². The molecule has 3 amide bonds. The van der Waals surface area contributed by atoms with E-state index in [1.807, 2.05) is 30.3 Å². The summed E-state index contributed by atoms with van der Waals surface area (Å²) in [4.78, 5) is 50.9. The van der Waals surface area contributed by atoms with Crippen molar-refractivity contribution in [1.82, 2.24) is 9.80 Å². The molecule has 26 heavy (non-hydrogen) atoms. The van der Waals surface area contributed by atoms with Crippen LogP contribution >= 0.6 is 11.8 Å². The summed E-state index contributed by atoms with van der Waals surface area (Å²) < 4.78 is 0. The third kappa shape index (κ3) is 3.80. The monoisotopic (exact) mass is 374 g/mol. The topological polar surface area (TPSA) is 95.0 Å². The van der Waals surface area contributed by atoms with Gasteiger partial charge in [0.25, 0.3) is 11.1 Å². The largest absolute Gasteiger partial charge is 0.480 e. The fourth-order valence-electron chi connectivity index (χ4n) is 3.05. The molecule has 7 nitrogen and oxygen atoms in total. The third-order valence-electron chi connectivity index (χ3n) is 4.37. The molecular formula is C18H18N2O5S. The Balaban J connectivity index is 1.72. The van der Waals surface area contributed by atoms with E-state index in [1.165, 1.54) is 4.90 Å². The van der Waals surface area contributed by atoms with Crippen LogP contribution in [0.4, 0.5) is 4.79 Å². The number of hydrogen-bond donors (Lipinski definition) is 1. The number of carboxylic acid groups (broad SMARTS) is 1. The smallest absolute Gasteiger partial charge is 0.326 e.